The molecular weight excluding hydrogens is 486 g/mol. The van der Waals surface area contributed by atoms with Gasteiger partial charge in [0, 0.05) is 50.2 Å². The van der Waals surface area contributed by atoms with Crippen LogP contribution in [0.3, 0.4) is 0 Å². The molecule has 2 saturated heterocycles. The molecule has 4 unspecified atom stereocenters. The SMILES string of the molecule is C=O.C=O.CCCC(CC)N1CCN(C(=O)CCC2CCCC(C3CC3)N2C)C(C)C1.Cc1ccc(C)cc1. The molecule has 6 heteroatoms. The topological polar surface area (TPSA) is 60.9 Å². The molecule has 4 atom stereocenters. The van der Waals surface area contributed by atoms with E-state index in [9.17, 15) is 4.79 Å². The zero-order valence-electron chi connectivity index (χ0n) is 25.9. The predicted octanol–water partition coefficient (Wildman–Crippen LogP) is 6.07. The van der Waals surface area contributed by atoms with Gasteiger partial charge < -0.3 is 19.4 Å². The lowest BCUT2D eigenvalue weighted by atomic mass is 9.91. The Morgan fingerprint density at radius 2 is 1.54 bits per heavy atom. The van der Waals surface area contributed by atoms with Crippen LogP contribution >= 0.6 is 0 Å². The molecule has 222 valence electrons. The quantitative estimate of drug-likeness (QED) is 0.398. The fourth-order valence-corrected chi connectivity index (χ4v) is 6.37. The van der Waals surface area contributed by atoms with Crippen LogP contribution in [0, 0.1) is 19.8 Å². The normalized spacial score (nSPS) is 24.2. The van der Waals surface area contributed by atoms with E-state index in [0.717, 1.165) is 44.4 Å². The maximum Gasteiger partial charge on any atom is 0.222 e. The summed E-state index contributed by atoms with van der Waals surface area (Å²) in [4.78, 5) is 36.4. The van der Waals surface area contributed by atoms with Gasteiger partial charge in [0.25, 0.3) is 0 Å². The molecule has 3 aliphatic rings. The van der Waals surface area contributed by atoms with Gasteiger partial charge in [0.15, 0.2) is 0 Å². The Morgan fingerprint density at radius 1 is 0.949 bits per heavy atom. The first-order chi connectivity index (χ1) is 18.8. The number of piperazine rings is 1. The second kappa shape index (κ2) is 19.1. The molecule has 2 heterocycles. The summed E-state index contributed by atoms with van der Waals surface area (Å²) in [7, 11) is 2.32. The number of nitrogens with zero attached hydrogens (tertiary/aromatic N) is 3. The number of benzene rings is 1. The lowest BCUT2D eigenvalue weighted by molar-refractivity contribution is -0.136. The van der Waals surface area contributed by atoms with E-state index in [2.05, 4.69) is 80.6 Å². The van der Waals surface area contributed by atoms with Crippen molar-refractivity contribution in [1.29, 1.82) is 0 Å². The molecule has 6 nitrogen and oxygen atoms in total. The highest BCUT2D eigenvalue weighted by Gasteiger charge is 2.38. The zero-order valence-corrected chi connectivity index (χ0v) is 25.9. The van der Waals surface area contributed by atoms with Crippen LogP contribution in [0.1, 0.15) is 96.1 Å². The molecule has 0 aromatic heterocycles. The van der Waals surface area contributed by atoms with E-state index in [-0.39, 0.29) is 0 Å². The molecule has 1 amide bonds. The number of likely N-dealkylation sites (tertiary alicyclic amines) is 1. The van der Waals surface area contributed by atoms with Gasteiger partial charge in [-0.15, -0.1) is 0 Å². The number of hydrogen-bond donors (Lipinski definition) is 0. The van der Waals surface area contributed by atoms with E-state index in [1.165, 1.54) is 62.5 Å². The highest BCUT2D eigenvalue weighted by molar-refractivity contribution is 5.76. The number of amides is 1. The van der Waals surface area contributed by atoms with Crippen LogP contribution in [0.2, 0.25) is 0 Å². The van der Waals surface area contributed by atoms with Crippen molar-refractivity contribution in [2.75, 3.05) is 26.7 Å². The standard InChI is InChI=1S/C23H43N3O.C8H10.2CH2O/c1-5-8-20(6-2)25-15-16-26(18(3)17-25)23(27)14-13-21-9-7-10-22(24(21)4)19-11-12-19;1-7-3-5-8(2)6-4-7;2*1-2/h18-22H,5-17H2,1-4H3;3-6H,1-2H3;2*1H2. The van der Waals surface area contributed by atoms with Gasteiger partial charge in [0.1, 0.15) is 13.6 Å². The van der Waals surface area contributed by atoms with Crippen molar-refractivity contribution in [1.82, 2.24) is 14.7 Å². The zero-order chi connectivity index (χ0) is 29.4. The highest BCUT2D eigenvalue weighted by Crippen LogP contribution is 2.40. The summed E-state index contributed by atoms with van der Waals surface area (Å²) in [5, 5.41) is 0. The van der Waals surface area contributed by atoms with E-state index in [1.807, 2.05) is 13.6 Å². The maximum absolute atomic E-state index is 12.9. The number of aryl methyl sites for hydroxylation is 2. The van der Waals surface area contributed by atoms with Crippen LogP contribution < -0.4 is 0 Å². The van der Waals surface area contributed by atoms with Crippen molar-refractivity contribution < 1.29 is 14.4 Å². The molecule has 39 heavy (non-hydrogen) atoms. The van der Waals surface area contributed by atoms with Crippen LogP contribution in [0.25, 0.3) is 0 Å². The van der Waals surface area contributed by atoms with E-state index < -0.39 is 0 Å². The summed E-state index contributed by atoms with van der Waals surface area (Å²) in [6.45, 7) is 18.1. The van der Waals surface area contributed by atoms with E-state index in [4.69, 9.17) is 9.59 Å². The molecule has 4 rings (SSSR count). The highest BCUT2D eigenvalue weighted by atomic mass is 16.2. The van der Waals surface area contributed by atoms with Crippen molar-refractivity contribution in [2.45, 2.75) is 123 Å². The Morgan fingerprint density at radius 3 is 2.03 bits per heavy atom. The summed E-state index contributed by atoms with van der Waals surface area (Å²) in [6, 6.07) is 11.0. The molecule has 1 aromatic rings. The van der Waals surface area contributed by atoms with Crippen LogP contribution in [0.4, 0.5) is 0 Å². The van der Waals surface area contributed by atoms with Gasteiger partial charge in [-0.3, -0.25) is 9.69 Å². The minimum Gasteiger partial charge on any atom is -0.337 e. The van der Waals surface area contributed by atoms with Gasteiger partial charge >= 0.3 is 0 Å². The summed E-state index contributed by atoms with van der Waals surface area (Å²) in [5.41, 5.74) is 2.66. The largest absolute Gasteiger partial charge is 0.337 e. The molecule has 1 saturated carbocycles. The summed E-state index contributed by atoms with van der Waals surface area (Å²) in [5.74, 6) is 1.35. The molecule has 0 radical (unpaired) electrons. The summed E-state index contributed by atoms with van der Waals surface area (Å²) >= 11 is 0. The van der Waals surface area contributed by atoms with Crippen LogP contribution in [0.15, 0.2) is 24.3 Å². The number of piperidine rings is 1. The van der Waals surface area contributed by atoms with Crippen LogP contribution in [0.5, 0.6) is 0 Å². The van der Waals surface area contributed by atoms with Crippen molar-refractivity contribution in [2.24, 2.45) is 5.92 Å². The number of hydrogen-bond acceptors (Lipinski definition) is 5. The molecular formula is C33H57N3O3. The first kappa shape index (κ1) is 35.0. The minimum absolute atomic E-state index is 0.362. The lowest BCUT2D eigenvalue weighted by Gasteiger charge is -2.44. The van der Waals surface area contributed by atoms with Crippen LogP contribution in [-0.2, 0) is 14.4 Å². The van der Waals surface area contributed by atoms with E-state index in [1.54, 1.807) is 0 Å². The summed E-state index contributed by atoms with van der Waals surface area (Å²) < 4.78 is 0. The number of rotatable bonds is 8. The van der Waals surface area contributed by atoms with Crippen molar-refractivity contribution >= 4 is 19.5 Å². The summed E-state index contributed by atoms with van der Waals surface area (Å²) in [6.07, 6.45) is 12.4. The fourth-order valence-electron chi connectivity index (χ4n) is 6.37. The number of carbonyl (C=O) groups is 3. The molecule has 1 aliphatic carbocycles. The van der Waals surface area contributed by atoms with Gasteiger partial charge in [-0.2, -0.15) is 0 Å². The average Bonchev–Trinajstić information content (AvgIpc) is 3.80. The molecule has 1 aromatic carbocycles. The van der Waals surface area contributed by atoms with Crippen molar-refractivity contribution in [3.8, 4) is 0 Å². The van der Waals surface area contributed by atoms with Crippen molar-refractivity contribution in [3.63, 3.8) is 0 Å². The Hall–Kier alpha value is -2.05. The lowest BCUT2D eigenvalue weighted by Crippen LogP contribution is -2.56. The monoisotopic (exact) mass is 543 g/mol. The Labute approximate surface area is 239 Å². The smallest absolute Gasteiger partial charge is 0.222 e. The fraction of sp³-hybridized carbons (Fsp3) is 0.727. The van der Waals surface area contributed by atoms with Gasteiger partial charge in [0.05, 0.1) is 0 Å². The Balaban J connectivity index is 0.000000532. The Kier molecular flexibility index (Phi) is 17.1. The molecule has 0 N–H and O–H groups in total. The van der Waals surface area contributed by atoms with Gasteiger partial charge in [-0.05, 0) is 78.7 Å². The predicted molar refractivity (Wildman–Crippen MR) is 163 cm³/mol. The number of carbonyl (C=O) groups excluding carboxylic acids is 3. The third-order valence-corrected chi connectivity index (χ3v) is 8.80. The van der Waals surface area contributed by atoms with Gasteiger partial charge in [-0.1, -0.05) is 62.1 Å². The second-order valence-corrected chi connectivity index (χ2v) is 11.6. The molecule has 2 aliphatic heterocycles. The van der Waals surface area contributed by atoms with Gasteiger partial charge in [-0.25, -0.2) is 0 Å². The molecule has 0 bridgehead atoms. The molecule has 0 spiro atoms. The second-order valence-electron chi connectivity index (χ2n) is 11.6. The third-order valence-electron chi connectivity index (χ3n) is 8.80. The van der Waals surface area contributed by atoms with Gasteiger partial charge in [0.2, 0.25) is 5.91 Å². The van der Waals surface area contributed by atoms with Crippen LogP contribution in [-0.4, -0.2) is 85.0 Å². The Bertz CT molecular complexity index is 775. The third kappa shape index (κ3) is 11.5. The molecule has 3 fully saturated rings. The van der Waals surface area contributed by atoms with E-state index in [0.29, 0.717) is 24.0 Å². The average molecular weight is 544 g/mol. The first-order valence-electron chi connectivity index (χ1n) is 15.2. The first-order valence-corrected chi connectivity index (χ1v) is 15.2. The minimum atomic E-state index is 0.362. The van der Waals surface area contributed by atoms with Crippen molar-refractivity contribution in [3.05, 3.63) is 35.4 Å². The van der Waals surface area contributed by atoms with E-state index >= 15 is 0 Å². The maximum atomic E-state index is 12.9.